The molecule has 7 nitrogen and oxygen atoms in total. The van der Waals surface area contributed by atoms with Crippen LogP contribution in [0.15, 0.2) is 52.7 Å². The fourth-order valence-electron chi connectivity index (χ4n) is 2.56. The third-order valence-electron chi connectivity index (χ3n) is 3.84. The normalized spacial score (nSPS) is 10.8. The van der Waals surface area contributed by atoms with Crippen LogP contribution < -0.4 is 10.1 Å². The van der Waals surface area contributed by atoms with Crippen molar-refractivity contribution < 1.29 is 9.15 Å². The highest BCUT2D eigenvalue weighted by Crippen LogP contribution is 2.30. The lowest BCUT2D eigenvalue weighted by Crippen LogP contribution is -1.97. The molecule has 3 heterocycles. The maximum absolute atomic E-state index is 5.71. The van der Waals surface area contributed by atoms with Crippen molar-refractivity contribution in [2.75, 3.05) is 12.4 Å². The Bertz CT molecular complexity index is 1010. The average molecular weight is 367 g/mol. The van der Waals surface area contributed by atoms with E-state index in [9.17, 15) is 0 Å². The minimum Gasteiger partial charge on any atom is -0.495 e. The first kappa shape index (κ1) is 16.3. The van der Waals surface area contributed by atoms with Gasteiger partial charge in [-0.2, -0.15) is 0 Å². The maximum Gasteiger partial charge on any atom is 0.316 e. The number of nitrogens with zero attached hydrogens (tertiary/aromatic N) is 4. The van der Waals surface area contributed by atoms with Crippen LogP contribution in [0.4, 0.5) is 6.01 Å². The van der Waals surface area contributed by atoms with Crippen molar-refractivity contribution in [2.24, 2.45) is 0 Å². The van der Waals surface area contributed by atoms with Gasteiger partial charge in [0.05, 0.1) is 31.4 Å². The van der Waals surface area contributed by atoms with Crippen molar-refractivity contribution in [1.29, 1.82) is 0 Å². The van der Waals surface area contributed by atoms with E-state index < -0.39 is 0 Å². The molecule has 0 saturated heterocycles. The molecule has 0 amide bonds. The van der Waals surface area contributed by atoms with E-state index in [1.54, 1.807) is 24.8 Å². The smallest absolute Gasteiger partial charge is 0.316 e. The molecule has 1 aromatic carbocycles. The van der Waals surface area contributed by atoms with Crippen molar-refractivity contribution in [1.82, 2.24) is 19.7 Å². The number of anilines is 1. The predicted molar refractivity (Wildman–Crippen MR) is 99.8 cm³/mol. The number of imidazole rings is 1. The summed E-state index contributed by atoms with van der Waals surface area (Å²) in [6, 6.07) is 10.2. The summed E-state index contributed by atoms with van der Waals surface area (Å²) in [6.07, 6.45) is 3.70. The Morgan fingerprint density at radius 3 is 2.92 bits per heavy atom. The van der Waals surface area contributed by atoms with Gasteiger partial charge in [-0.1, -0.05) is 11.2 Å². The minimum atomic E-state index is 0.390. The summed E-state index contributed by atoms with van der Waals surface area (Å²) >= 11 is 1.68. The van der Waals surface area contributed by atoms with Crippen LogP contribution in [0.2, 0.25) is 0 Å². The molecule has 0 spiro atoms. The maximum atomic E-state index is 5.71. The van der Waals surface area contributed by atoms with Crippen LogP contribution in [0.1, 0.15) is 10.6 Å². The topological polar surface area (TPSA) is 78.0 Å². The Labute approximate surface area is 154 Å². The molecular weight excluding hydrogens is 350 g/mol. The lowest BCUT2D eigenvalue weighted by molar-refractivity contribution is 0.413. The molecule has 3 aromatic heterocycles. The summed E-state index contributed by atoms with van der Waals surface area (Å²) < 4.78 is 13.2. The van der Waals surface area contributed by atoms with Gasteiger partial charge in [-0.25, -0.2) is 4.98 Å². The van der Waals surface area contributed by atoms with Gasteiger partial charge in [0.2, 0.25) is 5.89 Å². The van der Waals surface area contributed by atoms with E-state index in [2.05, 4.69) is 26.6 Å². The molecule has 4 aromatic rings. The van der Waals surface area contributed by atoms with Crippen molar-refractivity contribution in [3.8, 4) is 22.9 Å². The molecule has 0 unspecified atom stereocenters. The van der Waals surface area contributed by atoms with Crippen LogP contribution in [-0.2, 0) is 6.54 Å². The first-order valence-electron chi connectivity index (χ1n) is 8.02. The van der Waals surface area contributed by atoms with E-state index in [0.717, 1.165) is 16.9 Å². The molecule has 1 N–H and O–H groups in total. The third kappa shape index (κ3) is 3.31. The highest BCUT2D eigenvalue weighted by Gasteiger charge is 2.13. The second-order valence-corrected chi connectivity index (χ2v) is 6.69. The monoisotopic (exact) mass is 367 g/mol. The summed E-state index contributed by atoms with van der Waals surface area (Å²) in [5, 5.41) is 13.3. The molecule has 0 radical (unpaired) electrons. The molecule has 0 aliphatic heterocycles. The molecule has 0 atom stereocenters. The molecule has 132 valence electrons. The molecule has 0 aliphatic carbocycles. The van der Waals surface area contributed by atoms with Gasteiger partial charge in [-0.15, -0.1) is 16.4 Å². The first-order valence-corrected chi connectivity index (χ1v) is 8.90. The first-order chi connectivity index (χ1) is 12.7. The molecule has 8 heteroatoms. The molecule has 0 fully saturated rings. The summed E-state index contributed by atoms with van der Waals surface area (Å²) in [7, 11) is 1.63. The molecule has 4 rings (SSSR count). The van der Waals surface area contributed by atoms with E-state index in [1.165, 1.54) is 4.88 Å². The Kier molecular flexibility index (Phi) is 4.40. The van der Waals surface area contributed by atoms with Gasteiger partial charge in [0.25, 0.3) is 0 Å². The number of nitrogens with one attached hydrogen (secondary N) is 1. The van der Waals surface area contributed by atoms with Gasteiger partial charge in [-0.3, -0.25) is 0 Å². The Hall–Kier alpha value is -3.13. The molecule has 0 aliphatic rings. The van der Waals surface area contributed by atoms with Crippen molar-refractivity contribution in [2.45, 2.75) is 13.5 Å². The van der Waals surface area contributed by atoms with Crippen LogP contribution in [0, 0.1) is 6.92 Å². The molecule has 26 heavy (non-hydrogen) atoms. The number of rotatable bonds is 6. The van der Waals surface area contributed by atoms with Gasteiger partial charge in [-0.05, 0) is 36.6 Å². The molecular formula is C18H17N5O2S. The lowest BCUT2D eigenvalue weighted by atomic mass is 10.2. The summed E-state index contributed by atoms with van der Waals surface area (Å²) in [5.74, 6) is 1.14. The second-order valence-electron chi connectivity index (χ2n) is 5.65. The largest absolute Gasteiger partial charge is 0.495 e. The summed E-state index contributed by atoms with van der Waals surface area (Å²) in [4.78, 5) is 5.45. The van der Waals surface area contributed by atoms with Gasteiger partial charge in [0, 0.05) is 16.6 Å². The number of thiophene rings is 1. The minimum absolute atomic E-state index is 0.390. The van der Waals surface area contributed by atoms with Gasteiger partial charge in [0.1, 0.15) is 5.75 Å². The highest BCUT2D eigenvalue weighted by atomic mass is 32.1. The summed E-state index contributed by atoms with van der Waals surface area (Å²) in [6.45, 7) is 2.60. The van der Waals surface area contributed by atoms with Crippen molar-refractivity contribution in [3.63, 3.8) is 0 Å². The second kappa shape index (κ2) is 7.01. The predicted octanol–water partition coefficient (Wildman–Crippen LogP) is 3.91. The quantitative estimate of drug-likeness (QED) is 0.557. The number of ether oxygens (including phenoxy) is 1. The lowest BCUT2D eigenvalue weighted by Gasteiger charge is -2.09. The zero-order valence-electron chi connectivity index (χ0n) is 14.3. The average Bonchev–Trinajstić information content (AvgIpc) is 3.41. The van der Waals surface area contributed by atoms with E-state index >= 15 is 0 Å². The van der Waals surface area contributed by atoms with Gasteiger partial charge < -0.3 is 19.0 Å². The standard InChI is InChI=1S/C18H17N5O2S/c1-12-10-23(11-20-12)15-6-5-13(8-16(15)24-2)17-21-22-18(25-17)19-9-14-4-3-7-26-14/h3-8,10-11H,9H2,1-2H3,(H,19,22). The molecule has 0 bridgehead atoms. The fraction of sp³-hybridized carbons (Fsp3) is 0.167. The number of aromatic nitrogens is 4. The number of hydrogen-bond acceptors (Lipinski definition) is 7. The van der Waals surface area contributed by atoms with Crippen LogP contribution in [0.3, 0.4) is 0 Å². The van der Waals surface area contributed by atoms with E-state index in [-0.39, 0.29) is 0 Å². The third-order valence-corrected chi connectivity index (χ3v) is 4.71. The van der Waals surface area contributed by atoms with Crippen molar-refractivity contribution >= 4 is 17.4 Å². The zero-order chi connectivity index (χ0) is 17.9. The molecule has 0 saturated carbocycles. The van der Waals surface area contributed by atoms with E-state index in [0.29, 0.717) is 24.2 Å². The summed E-state index contributed by atoms with van der Waals surface area (Å²) in [5.41, 5.74) is 2.63. The van der Waals surface area contributed by atoms with Gasteiger partial charge >= 0.3 is 6.01 Å². The Morgan fingerprint density at radius 2 is 2.19 bits per heavy atom. The SMILES string of the molecule is COc1cc(-c2nnc(NCc3cccs3)o2)ccc1-n1cnc(C)c1. The van der Waals surface area contributed by atoms with E-state index in [1.807, 2.05) is 47.3 Å². The number of methoxy groups -OCH3 is 1. The van der Waals surface area contributed by atoms with Crippen LogP contribution in [0.5, 0.6) is 5.75 Å². The van der Waals surface area contributed by atoms with Crippen LogP contribution >= 0.6 is 11.3 Å². The zero-order valence-corrected chi connectivity index (χ0v) is 15.2. The Morgan fingerprint density at radius 1 is 1.27 bits per heavy atom. The number of aryl methyl sites for hydroxylation is 1. The Balaban J connectivity index is 1.56. The number of benzene rings is 1. The van der Waals surface area contributed by atoms with Crippen molar-refractivity contribution in [3.05, 3.63) is 58.8 Å². The number of hydrogen-bond donors (Lipinski definition) is 1. The van der Waals surface area contributed by atoms with Crippen LogP contribution in [0.25, 0.3) is 17.1 Å². The van der Waals surface area contributed by atoms with Crippen LogP contribution in [-0.4, -0.2) is 26.9 Å². The fourth-order valence-corrected chi connectivity index (χ4v) is 3.21. The van der Waals surface area contributed by atoms with Gasteiger partial charge in [0.15, 0.2) is 0 Å². The highest BCUT2D eigenvalue weighted by molar-refractivity contribution is 7.09. The van der Waals surface area contributed by atoms with E-state index in [4.69, 9.17) is 9.15 Å².